The Morgan fingerprint density at radius 1 is 1.24 bits per heavy atom. The molecule has 7 nitrogen and oxygen atoms in total. The number of halogens is 1. The lowest BCUT2D eigenvalue weighted by Crippen LogP contribution is -2.48. The molecule has 2 N–H and O–H groups in total. The maximum absolute atomic E-state index is 13.0. The van der Waals surface area contributed by atoms with Gasteiger partial charge in [-0.25, -0.2) is 19.2 Å². The third-order valence-electron chi connectivity index (χ3n) is 3.85. The first-order chi connectivity index (χ1) is 12.2. The number of nitrogens with zero attached hydrogens (tertiary/aromatic N) is 3. The summed E-state index contributed by atoms with van der Waals surface area (Å²) in [7, 11) is 0. The molecule has 0 aliphatic carbocycles. The molecule has 2 amide bonds. The first kappa shape index (κ1) is 17.1. The van der Waals surface area contributed by atoms with Gasteiger partial charge in [-0.3, -0.25) is 0 Å². The van der Waals surface area contributed by atoms with Crippen molar-refractivity contribution in [3.8, 4) is 0 Å². The SMILES string of the molecule is O=C(NCCNc1ncccn1)N1CCO[C@@H](c2ccc(F)cc2)C1. The van der Waals surface area contributed by atoms with Crippen molar-refractivity contribution in [3.05, 3.63) is 54.1 Å². The van der Waals surface area contributed by atoms with Crippen molar-refractivity contribution in [2.45, 2.75) is 6.10 Å². The Labute approximate surface area is 145 Å². The second-order valence-electron chi connectivity index (χ2n) is 5.59. The first-order valence-corrected chi connectivity index (χ1v) is 8.13. The fourth-order valence-corrected chi connectivity index (χ4v) is 2.56. The summed E-state index contributed by atoms with van der Waals surface area (Å²) in [4.78, 5) is 22.1. The molecule has 1 aromatic carbocycles. The van der Waals surface area contributed by atoms with E-state index in [0.29, 0.717) is 38.7 Å². The number of amides is 2. The average Bonchev–Trinajstić information content (AvgIpc) is 2.66. The van der Waals surface area contributed by atoms with Crippen LogP contribution in [-0.4, -0.2) is 53.7 Å². The molecule has 1 aliphatic rings. The number of aromatic nitrogens is 2. The smallest absolute Gasteiger partial charge is 0.317 e. The van der Waals surface area contributed by atoms with Gasteiger partial charge < -0.3 is 20.3 Å². The van der Waals surface area contributed by atoms with E-state index in [1.165, 1.54) is 12.1 Å². The van der Waals surface area contributed by atoms with Crippen LogP contribution in [0.3, 0.4) is 0 Å². The molecule has 1 aliphatic heterocycles. The lowest BCUT2D eigenvalue weighted by Gasteiger charge is -2.33. The average molecular weight is 345 g/mol. The van der Waals surface area contributed by atoms with Crippen molar-refractivity contribution in [1.29, 1.82) is 0 Å². The number of morpholine rings is 1. The van der Waals surface area contributed by atoms with Gasteiger partial charge in [0, 0.05) is 32.0 Å². The minimum absolute atomic E-state index is 0.147. The number of urea groups is 1. The van der Waals surface area contributed by atoms with Crippen LogP contribution in [0.1, 0.15) is 11.7 Å². The van der Waals surface area contributed by atoms with Crippen molar-refractivity contribution in [2.24, 2.45) is 0 Å². The fraction of sp³-hybridized carbons (Fsp3) is 0.353. The van der Waals surface area contributed by atoms with Crippen LogP contribution in [0.15, 0.2) is 42.7 Å². The number of ether oxygens (including phenoxy) is 1. The number of hydrogen-bond donors (Lipinski definition) is 2. The van der Waals surface area contributed by atoms with Gasteiger partial charge in [0.15, 0.2) is 0 Å². The van der Waals surface area contributed by atoms with E-state index in [4.69, 9.17) is 4.74 Å². The molecule has 1 aromatic heterocycles. The number of benzene rings is 1. The van der Waals surface area contributed by atoms with Gasteiger partial charge in [0.1, 0.15) is 11.9 Å². The largest absolute Gasteiger partial charge is 0.370 e. The quantitative estimate of drug-likeness (QED) is 0.808. The fourth-order valence-electron chi connectivity index (χ4n) is 2.56. The van der Waals surface area contributed by atoms with Gasteiger partial charge in [-0.05, 0) is 23.8 Å². The van der Waals surface area contributed by atoms with Crippen molar-refractivity contribution >= 4 is 12.0 Å². The van der Waals surface area contributed by atoms with Gasteiger partial charge in [-0.2, -0.15) is 0 Å². The van der Waals surface area contributed by atoms with Crippen LogP contribution < -0.4 is 10.6 Å². The molecule has 1 atom stereocenters. The molecule has 0 spiro atoms. The van der Waals surface area contributed by atoms with E-state index >= 15 is 0 Å². The van der Waals surface area contributed by atoms with Gasteiger partial charge in [-0.1, -0.05) is 12.1 Å². The number of carbonyl (C=O) groups excluding carboxylic acids is 1. The molecule has 0 unspecified atom stereocenters. The Kier molecular flexibility index (Phi) is 5.73. The lowest BCUT2D eigenvalue weighted by molar-refractivity contribution is -0.0154. The Bertz CT molecular complexity index is 683. The molecule has 25 heavy (non-hydrogen) atoms. The van der Waals surface area contributed by atoms with Crippen LogP contribution in [0.2, 0.25) is 0 Å². The van der Waals surface area contributed by atoms with Crippen molar-refractivity contribution in [3.63, 3.8) is 0 Å². The predicted octanol–water partition coefficient (Wildman–Crippen LogP) is 1.81. The Morgan fingerprint density at radius 3 is 2.76 bits per heavy atom. The number of nitrogens with one attached hydrogen (secondary N) is 2. The number of carbonyl (C=O) groups is 1. The van der Waals surface area contributed by atoms with Gasteiger partial charge in [0.05, 0.1) is 13.2 Å². The summed E-state index contributed by atoms with van der Waals surface area (Å²) >= 11 is 0. The molecule has 2 aromatic rings. The summed E-state index contributed by atoms with van der Waals surface area (Å²) in [5.74, 6) is 0.239. The molecule has 8 heteroatoms. The second kappa shape index (κ2) is 8.39. The van der Waals surface area contributed by atoms with Gasteiger partial charge in [-0.15, -0.1) is 0 Å². The third-order valence-corrected chi connectivity index (χ3v) is 3.85. The van der Waals surface area contributed by atoms with Gasteiger partial charge in [0.25, 0.3) is 0 Å². The van der Waals surface area contributed by atoms with E-state index in [2.05, 4.69) is 20.6 Å². The molecular formula is C17H20FN5O2. The maximum Gasteiger partial charge on any atom is 0.317 e. The van der Waals surface area contributed by atoms with Gasteiger partial charge in [0.2, 0.25) is 5.95 Å². The van der Waals surface area contributed by atoms with Crippen LogP contribution in [0.25, 0.3) is 0 Å². The van der Waals surface area contributed by atoms with Gasteiger partial charge >= 0.3 is 6.03 Å². The molecule has 0 bridgehead atoms. The highest BCUT2D eigenvalue weighted by Gasteiger charge is 2.25. The Balaban J connectivity index is 1.44. The van der Waals surface area contributed by atoms with Crippen LogP contribution in [0.5, 0.6) is 0 Å². The van der Waals surface area contributed by atoms with Crippen LogP contribution in [-0.2, 0) is 4.74 Å². The minimum Gasteiger partial charge on any atom is -0.370 e. The number of rotatable bonds is 5. The summed E-state index contributed by atoms with van der Waals surface area (Å²) in [5.41, 5.74) is 0.863. The standard InChI is InChI=1S/C17H20FN5O2/c18-14-4-2-13(3-5-14)15-12-23(10-11-25-15)17(24)22-9-8-21-16-19-6-1-7-20-16/h1-7,15H,8-12H2,(H,22,24)(H,19,20,21)/t15-/m1/s1. The summed E-state index contributed by atoms with van der Waals surface area (Å²) in [6, 6.07) is 7.76. The molecule has 0 radical (unpaired) electrons. The zero-order valence-electron chi connectivity index (χ0n) is 13.7. The zero-order chi connectivity index (χ0) is 17.5. The molecule has 0 saturated carbocycles. The number of anilines is 1. The van der Waals surface area contributed by atoms with E-state index in [1.807, 2.05) is 0 Å². The summed E-state index contributed by atoms with van der Waals surface area (Å²) in [5, 5.41) is 5.88. The monoisotopic (exact) mass is 345 g/mol. The molecule has 3 rings (SSSR count). The molecule has 2 heterocycles. The second-order valence-corrected chi connectivity index (χ2v) is 5.59. The summed E-state index contributed by atoms with van der Waals surface area (Å²) < 4.78 is 18.7. The van der Waals surface area contributed by atoms with Crippen molar-refractivity contribution < 1.29 is 13.9 Å². The third kappa shape index (κ3) is 4.87. The highest BCUT2D eigenvalue weighted by atomic mass is 19.1. The Morgan fingerprint density at radius 2 is 2.00 bits per heavy atom. The molecule has 1 fully saturated rings. The van der Waals surface area contributed by atoms with E-state index in [-0.39, 0.29) is 18.0 Å². The highest BCUT2D eigenvalue weighted by molar-refractivity contribution is 5.74. The minimum atomic E-state index is -0.288. The molecule has 1 saturated heterocycles. The Hall–Kier alpha value is -2.74. The number of hydrogen-bond acceptors (Lipinski definition) is 5. The molecular weight excluding hydrogens is 325 g/mol. The maximum atomic E-state index is 13.0. The van der Waals surface area contributed by atoms with E-state index in [1.54, 1.807) is 35.5 Å². The van der Waals surface area contributed by atoms with Crippen LogP contribution in [0.4, 0.5) is 15.1 Å². The van der Waals surface area contributed by atoms with Crippen LogP contribution >= 0.6 is 0 Å². The lowest BCUT2D eigenvalue weighted by atomic mass is 10.1. The molecule has 132 valence electrons. The topological polar surface area (TPSA) is 79.4 Å². The summed E-state index contributed by atoms with van der Waals surface area (Å²) in [6.45, 7) is 2.40. The van der Waals surface area contributed by atoms with Crippen LogP contribution in [0, 0.1) is 5.82 Å². The first-order valence-electron chi connectivity index (χ1n) is 8.13. The zero-order valence-corrected chi connectivity index (χ0v) is 13.7. The summed E-state index contributed by atoms with van der Waals surface area (Å²) in [6.07, 6.45) is 3.06. The van der Waals surface area contributed by atoms with E-state index < -0.39 is 0 Å². The van der Waals surface area contributed by atoms with Crippen molar-refractivity contribution in [1.82, 2.24) is 20.2 Å². The normalized spacial score (nSPS) is 17.2. The predicted molar refractivity (Wildman–Crippen MR) is 90.6 cm³/mol. The highest BCUT2D eigenvalue weighted by Crippen LogP contribution is 2.22. The van der Waals surface area contributed by atoms with Crippen molar-refractivity contribution in [2.75, 3.05) is 38.1 Å². The van der Waals surface area contributed by atoms with E-state index in [0.717, 1.165) is 5.56 Å². The van der Waals surface area contributed by atoms with E-state index in [9.17, 15) is 9.18 Å².